The van der Waals surface area contributed by atoms with Gasteiger partial charge in [0.25, 0.3) is 0 Å². The number of thiophene rings is 1. The summed E-state index contributed by atoms with van der Waals surface area (Å²) in [7, 11) is 0. The van der Waals surface area contributed by atoms with Crippen LogP contribution in [0.4, 0.5) is 5.82 Å². The summed E-state index contributed by atoms with van der Waals surface area (Å²) in [6, 6.07) is 10.5. The number of hydrogen-bond donors (Lipinski definition) is 2. The Hall–Kier alpha value is -1.98. The maximum atomic E-state index is 5.61. The third-order valence-corrected chi connectivity index (χ3v) is 4.63. The Bertz CT molecular complexity index is 734. The molecule has 3 rings (SSSR count). The Morgan fingerprint density at radius 2 is 1.90 bits per heavy atom. The highest BCUT2D eigenvalue weighted by molar-refractivity contribution is 7.18. The van der Waals surface area contributed by atoms with Crippen LogP contribution in [-0.2, 0) is 19.5 Å². The van der Waals surface area contributed by atoms with Gasteiger partial charge in [0.1, 0.15) is 17.0 Å². The van der Waals surface area contributed by atoms with E-state index in [9.17, 15) is 0 Å². The quantitative estimate of drug-likeness (QED) is 0.758. The van der Waals surface area contributed by atoms with Crippen molar-refractivity contribution in [3.8, 4) is 0 Å². The maximum Gasteiger partial charge on any atom is 0.138 e. The minimum atomic E-state index is 0.578. The summed E-state index contributed by atoms with van der Waals surface area (Å²) >= 11 is 1.73. The molecule has 1 aromatic carbocycles. The van der Waals surface area contributed by atoms with Crippen LogP contribution in [0.15, 0.2) is 36.7 Å². The van der Waals surface area contributed by atoms with Gasteiger partial charge >= 0.3 is 0 Å². The molecule has 0 atom stereocenters. The number of fused-ring (bicyclic) bond motifs is 1. The Kier molecular flexibility index (Phi) is 4.13. The van der Waals surface area contributed by atoms with Crippen molar-refractivity contribution >= 4 is 27.4 Å². The summed E-state index contributed by atoms with van der Waals surface area (Å²) < 4.78 is 0. The van der Waals surface area contributed by atoms with Gasteiger partial charge in [-0.3, -0.25) is 0 Å². The third kappa shape index (κ3) is 3.04. The molecule has 0 radical (unpaired) electrons. The first-order chi connectivity index (χ1) is 10.3. The fraction of sp³-hybridized carbons (Fsp3) is 0.250. The molecule has 0 aliphatic carbocycles. The molecule has 3 N–H and O–H groups in total. The van der Waals surface area contributed by atoms with Gasteiger partial charge in [0.15, 0.2) is 0 Å². The molecule has 3 aromatic rings. The fourth-order valence-corrected chi connectivity index (χ4v) is 3.13. The first kappa shape index (κ1) is 14.0. The lowest BCUT2D eigenvalue weighted by atomic mass is 10.1. The standard InChI is InChI=1S/C16H18N4S/c1-2-13-7-14-15(19-10-20-16(14)21-13)18-9-12-5-3-11(8-17)4-6-12/h3-7,10H,2,8-9,17H2,1H3,(H,18,19,20). The highest BCUT2D eigenvalue weighted by atomic mass is 32.1. The van der Waals surface area contributed by atoms with E-state index in [0.717, 1.165) is 34.6 Å². The number of aryl methyl sites for hydroxylation is 1. The van der Waals surface area contributed by atoms with E-state index in [0.29, 0.717) is 6.54 Å². The number of anilines is 1. The van der Waals surface area contributed by atoms with Crippen LogP contribution < -0.4 is 11.1 Å². The highest BCUT2D eigenvalue weighted by Gasteiger charge is 2.07. The first-order valence-corrected chi connectivity index (χ1v) is 7.87. The lowest BCUT2D eigenvalue weighted by Crippen LogP contribution is -2.02. The second-order valence-corrected chi connectivity index (χ2v) is 6.00. The molecule has 5 heteroatoms. The number of benzene rings is 1. The van der Waals surface area contributed by atoms with Crippen molar-refractivity contribution < 1.29 is 0 Å². The average molecular weight is 298 g/mol. The molecule has 0 aliphatic heterocycles. The van der Waals surface area contributed by atoms with Gasteiger partial charge in [-0.2, -0.15) is 0 Å². The van der Waals surface area contributed by atoms with Gasteiger partial charge in [-0.05, 0) is 23.6 Å². The summed E-state index contributed by atoms with van der Waals surface area (Å²) in [4.78, 5) is 11.1. The molecule has 21 heavy (non-hydrogen) atoms. The van der Waals surface area contributed by atoms with Crippen LogP contribution >= 0.6 is 11.3 Å². The number of rotatable bonds is 5. The highest BCUT2D eigenvalue weighted by Crippen LogP contribution is 2.28. The summed E-state index contributed by atoms with van der Waals surface area (Å²) in [5, 5.41) is 4.51. The van der Waals surface area contributed by atoms with Crippen LogP contribution in [0.25, 0.3) is 10.2 Å². The molecule has 0 amide bonds. The molecule has 0 unspecified atom stereocenters. The fourth-order valence-electron chi connectivity index (χ4n) is 2.20. The molecular formula is C16H18N4S. The first-order valence-electron chi connectivity index (χ1n) is 7.05. The lowest BCUT2D eigenvalue weighted by molar-refractivity contribution is 1.05. The molecule has 0 fully saturated rings. The van der Waals surface area contributed by atoms with Gasteiger partial charge in [0.2, 0.25) is 0 Å². The Labute approximate surface area is 128 Å². The van der Waals surface area contributed by atoms with Gasteiger partial charge in [-0.1, -0.05) is 31.2 Å². The van der Waals surface area contributed by atoms with E-state index in [1.165, 1.54) is 10.4 Å². The lowest BCUT2D eigenvalue weighted by Gasteiger charge is -2.07. The van der Waals surface area contributed by atoms with E-state index < -0.39 is 0 Å². The minimum Gasteiger partial charge on any atom is -0.365 e. The zero-order chi connectivity index (χ0) is 14.7. The topological polar surface area (TPSA) is 63.8 Å². The molecule has 0 saturated carbocycles. The maximum absolute atomic E-state index is 5.61. The van der Waals surface area contributed by atoms with E-state index in [4.69, 9.17) is 5.73 Å². The molecular weight excluding hydrogens is 280 g/mol. The van der Waals surface area contributed by atoms with E-state index in [-0.39, 0.29) is 0 Å². The zero-order valence-corrected chi connectivity index (χ0v) is 12.8. The van der Waals surface area contributed by atoms with Crippen molar-refractivity contribution in [2.45, 2.75) is 26.4 Å². The summed E-state index contributed by atoms with van der Waals surface area (Å²) in [5.41, 5.74) is 7.97. The van der Waals surface area contributed by atoms with Crippen molar-refractivity contribution in [1.29, 1.82) is 0 Å². The van der Waals surface area contributed by atoms with E-state index in [1.54, 1.807) is 17.7 Å². The van der Waals surface area contributed by atoms with Gasteiger partial charge in [0.05, 0.1) is 5.39 Å². The van der Waals surface area contributed by atoms with E-state index in [1.807, 2.05) is 0 Å². The van der Waals surface area contributed by atoms with Crippen LogP contribution in [0.3, 0.4) is 0 Å². The van der Waals surface area contributed by atoms with Gasteiger partial charge < -0.3 is 11.1 Å². The van der Waals surface area contributed by atoms with E-state index >= 15 is 0 Å². The Balaban J connectivity index is 1.79. The number of hydrogen-bond acceptors (Lipinski definition) is 5. The number of aromatic nitrogens is 2. The van der Waals surface area contributed by atoms with Crippen molar-refractivity contribution in [2.24, 2.45) is 5.73 Å². The Morgan fingerprint density at radius 3 is 2.62 bits per heavy atom. The summed E-state index contributed by atoms with van der Waals surface area (Å²) in [6.07, 6.45) is 2.65. The van der Waals surface area contributed by atoms with Crippen molar-refractivity contribution in [3.63, 3.8) is 0 Å². The molecule has 0 aliphatic rings. The molecule has 0 spiro atoms. The molecule has 108 valence electrons. The molecule has 4 nitrogen and oxygen atoms in total. The largest absolute Gasteiger partial charge is 0.365 e. The predicted molar refractivity (Wildman–Crippen MR) is 88.5 cm³/mol. The summed E-state index contributed by atoms with van der Waals surface area (Å²) in [5.74, 6) is 0.902. The predicted octanol–water partition coefficient (Wildman–Crippen LogP) is 3.32. The second-order valence-electron chi connectivity index (χ2n) is 4.88. The van der Waals surface area contributed by atoms with Crippen LogP contribution in [0.1, 0.15) is 22.9 Å². The monoisotopic (exact) mass is 298 g/mol. The van der Waals surface area contributed by atoms with Crippen molar-refractivity contribution in [1.82, 2.24) is 9.97 Å². The zero-order valence-electron chi connectivity index (χ0n) is 12.0. The molecule has 0 saturated heterocycles. The third-order valence-electron chi connectivity index (χ3n) is 3.45. The van der Waals surface area contributed by atoms with Crippen LogP contribution in [0, 0.1) is 0 Å². The Morgan fingerprint density at radius 1 is 1.14 bits per heavy atom. The van der Waals surface area contributed by atoms with Gasteiger partial charge in [-0.15, -0.1) is 11.3 Å². The van der Waals surface area contributed by atoms with Gasteiger partial charge in [-0.25, -0.2) is 9.97 Å². The molecule has 0 bridgehead atoms. The van der Waals surface area contributed by atoms with Crippen LogP contribution in [0.5, 0.6) is 0 Å². The molecule has 2 aromatic heterocycles. The number of nitrogens with zero attached hydrogens (tertiary/aromatic N) is 2. The smallest absolute Gasteiger partial charge is 0.138 e. The normalized spacial score (nSPS) is 11.0. The summed E-state index contributed by atoms with van der Waals surface area (Å²) in [6.45, 7) is 3.48. The van der Waals surface area contributed by atoms with Crippen molar-refractivity contribution in [3.05, 3.63) is 52.7 Å². The average Bonchev–Trinajstić information content (AvgIpc) is 2.97. The molecule has 2 heterocycles. The van der Waals surface area contributed by atoms with E-state index in [2.05, 4.69) is 52.5 Å². The number of nitrogens with two attached hydrogens (primary N) is 1. The second kappa shape index (κ2) is 6.20. The number of nitrogens with one attached hydrogen (secondary N) is 1. The van der Waals surface area contributed by atoms with Gasteiger partial charge in [0, 0.05) is 18.0 Å². The SMILES string of the molecule is CCc1cc2c(NCc3ccc(CN)cc3)ncnc2s1. The van der Waals surface area contributed by atoms with Crippen LogP contribution in [0.2, 0.25) is 0 Å². The van der Waals surface area contributed by atoms with Crippen LogP contribution in [-0.4, -0.2) is 9.97 Å². The van der Waals surface area contributed by atoms with Crippen molar-refractivity contribution in [2.75, 3.05) is 5.32 Å². The minimum absolute atomic E-state index is 0.578.